The van der Waals surface area contributed by atoms with Crippen LogP contribution in [0.5, 0.6) is 5.75 Å². The summed E-state index contributed by atoms with van der Waals surface area (Å²) in [7, 11) is 0. The lowest BCUT2D eigenvalue weighted by molar-refractivity contribution is 0.441. The van der Waals surface area contributed by atoms with Gasteiger partial charge in [-0.2, -0.15) is 5.26 Å². The number of hydrogen-bond donors (Lipinski definition) is 0. The molecule has 0 spiro atoms. The molecule has 100 valence electrons. The molecule has 4 heteroatoms. The van der Waals surface area contributed by atoms with E-state index in [1.807, 2.05) is 26.8 Å². The second kappa shape index (κ2) is 9.93. The summed E-state index contributed by atoms with van der Waals surface area (Å²) in [6.07, 6.45) is 8.10. The molecule has 0 atom stereocenters. The van der Waals surface area contributed by atoms with E-state index in [-0.39, 0.29) is 0 Å². The van der Waals surface area contributed by atoms with Gasteiger partial charge in [0.15, 0.2) is 5.75 Å². The molecule has 3 nitrogen and oxygen atoms in total. The number of allylic oxidation sites excluding steroid dienone is 4. The Morgan fingerprint density at radius 1 is 1.53 bits per heavy atom. The molecule has 0 aromatic carbocycles. The van der Waals surface area contributed by atoms with Gasteiger partial charge in [0.05, 0.1) is 11.8 Å². The van der Waals surface area contributed by atoms with Crippen molar-refractivity contribution in [2.45, 2.75) is 20.8 Å². The van der Waals surface area contributed by atoms with Gasteiger partial charge in [0.25, 0.3) is 0 Å². The van der Waals surface area contributed by atoms with Crippen LogP contribution in [-0.4, -0.2) is 4.98 Å². The normalized spacial score (nSPS) is 10.4. The molecule has 0 radical (unpaired) electrons. The first-order chi connectivity index (χ1) is 9.17. The summed E-state index contributed by atoms with van der Waals surface area (Å²) in [4.78, 5) is 3.90. The SMILES string of the molecule is C=C(Cl)/C=C(\C=C/C)Oc1cnccc1C#N.CC. The van der Waals surface area contributed by atoms with Crippen LogP contribution in [0.2, 0.25) is 0 Å². The quantitative estimate of drug-likeness (QED) is 0.598. The molecule has 1 aromatic heterocycles. The second-order valence-corrected chi connectivity index (χ2v) is 3.56. The topological polar surface area (TPSA) is 45.9 Å². The Balaban J connectivity index is 0.00000154. The zero-order chi connectivity index (χ0) is 14.7. The average molecular weight is 277 g/mol. The minimum absolute atomic E-state index is 0.348. The van der Waals surface area contributed by atoms with Crippen molar-refractivity contribution in [3.8, 4) is 11.8 Å². The number of hydrogen-bond acceptors (Lipinski definition) is 3. The van der Waals surface area contributed by atoms with E-state index in [9.17, 15) is 0 Å². The van der Waals surface area contributed by atoms with E-state index in [1.165, 1.54) is 12.4 Å². The molecular formula is C15H17ClN2O. The van der Waals surface area contributed by atoms with Crippen LogP contribution in [0, 0.1) is 11.3 Å². The van der Waals surface area contributed by atoms with Crippen LogP contribution in [0.25, 0.3) is 0 Å². The van der Waals surface area contributed by atoms with E-state index >= 15 is 0 Å². The predicted molar refractivity (Wildman–Crippen MR) is 78.8 cm³/mol. The van der Waals surface area contributed by atoms with Crippen molar-refractivity contribution in [1.82, 2.24) is 4.98 Å². The Kier molecular flexibility index (Phi) is 8.86. The van der Waals surface area contributed by atoms with E-state index in [0.717, 1.165) is 0 Å². The first-order valence-corrected chi connectivity index (χ1v) is 6.26. The van der Waals surface area contributed by atoms with Crippen molar-refractivity contribution in [2.24, 2.45) is 0 Å². The fraction of sp³-hybridized carbons (Fsp3) is 0.200. The van der Waals surface area contributed by atoms with E-state index in [2.05, 4.69) is 11.6 Å². The van der Waals surface area contributed by atoms with Gasteiger partial charge >= 0.3 is 0 Å². The largest absolute Gasteiger partial charge is 0.454 e. The highest BCUT2D eigenvalue weighted by molar-refractivity contribution is 6.30. The Bertz CT molecular complexity index is 513. The molecule has 0 bridgehead atoms. The lowest BCUT2D eigenvalue weighted by atomic mass is 10.3. The summed E-state index contributed by atoms with van der Waals surface area (Å²) in [6, 6.07) is 3.61. The minimum atomic E-state index is 0.348. The molecule has 1 heterocycles. The maximum Gasteiger partial charge on any atom is 0.163 e. The third-order valence-corrected chi connectivity index (χ3v) is 1.87. The molecule has 0 saturated heterocycles. The van der Waals surface area contributed by atoms with Crippen molar-refractivity contribution in [1.29, 1.82) is 5.26 Å². The second-order valence-electron chi connectivity index (χ2n) is 3.08. The average Bonchev–Trinajstić information content (AvgIpc) is 2.41. The first-order valence-electron chi connectivity index (χ1n) is 5.88. The molecule has 0 amide bonds. The maximum atomic E-state index is 8.90. The standard InChI is InChI=1S/C13H11ClN2O.C2H6/c1-3-4-12(7-10(2)14)17-13-9-16-6-5-11(13)8-15;1-2/h3-7,9H,2H2,1H3;1-2H3/b4-3-,12-7+;. The molecule has 0 N–H and O–H groups in total. The Morgan fingerprint density at radius 3 is 2.74 bits per heavy atom. The van der Waals surface area contributed by atoms with E-state index in [0.29, 0.717) is 22.1 Å². The number of pyridine rings is 1. The molecule has 0 aliphatic carbocycles. The molecule has 0 saturated carbocycles. The third kappa shape index (κ3) is 6.44. The van der Waals surface area contributed by atoms with Gasteiger partial charge in [0.1, 0.15) is 11.8 Å². The van der Waals surface area contributed by atoms with Crippen molar-refractivity contribution < 1.29 is 4.74 Å². The molecule has 1 aromatic rings. The maximum absolute atomic E-state index is 8.90. The summed E-state index contributed by atoms with van der Waals surface area (Å²) < 4.78 is 5.53. The van der Waals surface area contributed by atoms with Crippen LogP contribution in [0.1, 0.15) is 26.3 Å². The van der Waals surface area contributed by atoms with E-state index in [4.69, 9.17) is 21.6 Å². The van der Waals surface area contributed by atoms with Gasteiger partial charge in [-0.15, -0.1) is 0 Å². The monoisotopic (exact) mass is 276 g/mol. The van der Waals surface area contributed by atoms with Crippen molar-refractivity contribution in [3.05, 3.63) is 59.6 Å². The molecule has 0 unspecified atom stereocenters. The van der Waals surface area contributed by atoms with E-state index < -0.39 is 0 Å². The first kappa shape index (κ1) is 16.9. The number of ether oxygens (including phenoxy) is 1. The van der Waals surface area contributed by atoms with Crippen LogP contribution in [0.15, 0.2) is 54.1 Å². The summed E-state index contributed by atoms with van der Waals surface area (Å²) in [5.41, 5.74) is 0.413. The number of aromatic nitrogens is 1. The molecule has 0 fully saturated rings. The highest BCUT2D eigenvalue weighted by Crippen LogP contribution is 2.19. The molecule has 0 aliphatic heterocycles. The van der Waals surface area contributed by atoms with Crippen LogP contribution >= 0.6 is 11.6 Å². The lowest BCUT2D eigenvalue weighted by Gasteiger charge is -2.07. The molecule has 0 aliphatic rings. The van der Waals surface area contributed by atoms with Crippen molar-refractivity contribution in [3.63, 3.8) is 0 Å². The fourth-order valence-corrected chi connectivity index (χ4v) is 1.22. The fourth-order valence-electron chi connectivity index (χ4n) is 1.11. The van der Waals surface area contributed by atoms with Crippen LogP contribution in [0.3, 0.4) is 0 Å². The van der Waals surface area contributed by atoms with E-state index in [1.54, 1.807) is 24.3 Å². The van der Waals surface area contributed by atoms with Gasteiger partial charge in [0.2, 0.25) is 0 Å². The molecule has 19 heavy (non-hydrogen) atoms. The summed E-state index contributed by atoms with van der Waals surface area (Å²) in [5, 5.41) is 9.25. The van der Waals surface area contributed by atoms with Crippen molar-refractivity contribution in [2.75, 3.05) is 0 Å². The zero-order valence-electron chi connectivity index (χ0n) is 11.4. The van der Waals surface area contributed by atoms with Gasteiger partial charge in [-0.1, -0.05) is 38.1 Å². The van der Waals surface area contributed by atoms with Crippen LogP contribution < -0.4 is 4.74 Å². The van der Waals surface area contributed by atoms with Crippen LogP contribution in [-0.2, 0) is 0 Å². The molecular weight excluding hydrogens is 260 g/mol. The predicted octanol–water partition coefficient (Wildman–Crippen LogP) is 4.57. The highest BCUT2D eigenvalue weighted by atomic mass is 35.5. The number of rotatable bonds is 4. The van der Waals surface area contributed by atoms with Gasteiger partial charge in [-0.25, -0.2) is 0 Å². The number of nitrogens with zero attached hydrogens (tertiary/aromatic N) is 2. The van der Waals surface area contributed by atoms with Gasteiger partial charge in [-0.3, -0.25) is 4.98 Å². The van der Waals surface area contributed by atoms with Gasteiger partial charge in [0, 0.05) is 11.2 Å². The zero-order valence-corrected chi connectivity index (χ0v) is 12.1. The Morgan fingerprint density at radius 2 is 2.21 bits per heavy atom. The smallest absolute Gasteiger partial charge is 0.163 e. The number of nitriles is 1. The lowest BCUT2D eigenvalue weighted by Crippen LogP contribution is -1.95. The highest BCUT2D eigenvalue weighted by Gasteiger charge is 2.04. The minimum Gasteiger partial charge on any atom is -0.454 e. The number of halogens is 1. The van der Waals surface area contributed by atoms with Crippen molar-refractivity contribution >= 4 is 11.6 Å². The Hall–Kier alpha value is -2.05. The summed E-state index contributed by atoms with van der Waals surface area (Å²) >= 11 is 5.68. The van der Waals surface area contributed by atoms with Crippen LogP contribution in [0.4, 0.5) is 0 Å². The summed E-state index contributed by atoms with van der Waals surface area (Å²) in [5.74, 6) is 0.884. The summed E-state index contributed by atoms with van der Waals surface area (Å²) in [6.45, 7) is 9.41. The molecule has 1 rings (SSSR count). The van der Waals surface area contributed by atoms with Gasteiger partial charge in [-0.05, 0) is 25.1 Å². The Labute approximate surface area is 119 Å². The third-order valence-electron chi connectivity index (χ3n) is 1.76. The van der Waals surface area contributed by atoms with Gasteiger partial charge < -0.3 is 4.74 Å².